The Balaban J connectivity index is 1.96. The van der Waals surface area contributed by atoms with E-state index in [1.165, 1.54) is 12.8 Å². The maximum absolute atomic E-state index is 5.89. The highest BCUT2D eigenvalue weighted by Crippen LogP contribution is 2.53. The van der Waals surface area contributed by atoms with Crippen LogP contribution in [0.15, 0.2) is 18.2 Å². The van der Waals surface area contributed by atoms with Crippen LogP contribution in [0.3, 0.4) is 0 Å². The first-order chi connectivity index (χ1) is 9.52. The van der Waals surface area contributed by atoms with Crippen molar-refractivity contribution >= 4 is 5.69 Å². The number of aryl methyl sites for hydroxylation is 1. The molecule has 0 amide bonds. The normalized spacial score (nSPS) is 16.6. The molecule has 5 nitrogen and oxygen atoms in total. The molecule has 1 aliphatic carbocycles. The van der Waals surface area contributed by atoms with Gasteiger partial charge in [0.05, 0.1) is 6.54 Å². The molecule has 1 fully saturated rings. The van der Waals surface area contributed by atoms with Crippen molar-refractivity contribution in [3.63, 3.8) is 0 Å². The van der Waals surface area contributed by atoms with Gasteiger partial charge in [0.25, 0.3) is 0 Å². The molecule has 0 atom stereocenters. The second kappa shape index (κ2) is 4.58. The van der Waals surface area contributed by atoms with Crippen LogP contribution in [0.1, 0.15) is 32.3 Å². The topological polar surface area (TPSA) is 69.6 Å². The monoisotopic (exact) mass is 271 g/mol. The number of benzene rings is 1. The van der Waals surface area contributed by atoms with E-state index >= 15 is 0 Å². The van der Waals surface area contributed by atoms with Gasteiger partial charge in [-0.05, 0) is 59.2 Å². The van der Waals surface area contributed by atoms with Crippen LogP contribution in [-0.4, -0.2) is 20.2 Å². The zero-order chi connectivity index (χ0) is 14.3. The van der Waals surface area contributed by atoms with Crippen LogP contribution in [0.5, 0.6) is 0 Å². The van der Waals surface area contributed by atoms with E-state index in [-0.39, 0.29) is 0 Å². The van der Waals surface area contributed by atoms with Gasteiger partial charge >= 0.3 is 0 Å². The smallest absolute Gasteiger partial charge is 0.182 e. The van der Waals surface area contributed by atoms with Gasteiger partial charge in [-0.1, -0.05) is 19.9 Å². The molecule has 106 valence electrons. The third-order valence-electron chi connectivity index (χ3n) is 4.62. The van der Waals surface area contributed by atoms with Gasteiger partial charge in [0.2, 0.25) is 0 Å². The molecule has 0 bridgehead atoms. The maximum Gasteiger partial charge on any atom is 0.182 e. The third-order valence-corrected chi connectivity index (χ3v) is 4.62. The molecule has 5 heteroatoms. The highest BCUT2D eigenvalue weighted by Gasteiger charge is 2.46. The summed E-state index contributed by atoms with van der Waals surface area (Å²) in [6.45, 7) is 7.51. The first-order valence-electron chi connectivity index (χ1n) is 7.14. The number of hydrogen-bond acceptors (Lipinski definition) is 4. The number of hydrogen-bond donors (Lipinski definition) is 1. The lowest BCUT2D eigenvalue weighted by atomic mass is 9.92. The van der Waals surface area contributed by atoms with Gasteiger partial charge in [0, 0.05) is 11.3 Å². The molecule has 2 aromatic rings. The van der Waals surface area contributed by atoms with Crippen molar-refractivity contribution in [2.75, 3.05) is 5.73 Å². The van der Waals surface area contributed by atoms with Crippen molar-refractivity contribution in [3.8, 4) is 11.4 Å². The van der Waals surface area contributed by atoms with E-state index < -0.39 is 0 Å². The summed E-state index contributed by atoms with van der Waals surface area (Å²) in [5.74, 6) is 1.48. The Labute approximate surface area is 119 Å². The molecular formula is C15H21N5. The summed E-state index contributed by atoms with van der Waals surface area (Å²) in [5, 5.41) is 12.3. The maximum atomic E-state index is 5.89. The fourth-order valence-corrected chi connectivity index (χ4v) is 2.76. The SMILES string of the molecule is Cc1ccc(N)cc1-c1nnnn1CC1(C(C)C)CC1. The molecule has 1 aliphatic rings. The minimum atomic E-state index is 0.373. The summed E-state index contributed by atoms with van der Waals surface area (Å²) in [7, 11) is 0. The summed E-state index contributed by atoms with van der Waals surface area (Å²) >= 11 is 0. The minimum Gasteiger partial charge on any atom is -0.399 e. The molecule has 1 heterocycles. The van der Waals surface area contributed by atoms with Gasteiger partial charge in [-0.2, -0.15) is 0 Å². The lowest BCUT2D eigenvalue weighted by Crippen LogP contribution is -2.19. The van der Waals surface area contributed by atoms with Crippen LogP contribution in [0, 0.1) is 18.3 Å². The Kier molecular flexibility index (Phi) is 3.00. The number of aromatic nitrogens is 4. The lowest BCUT2D eigenvalue weighted by Gasteiger charge is -2.20. The molecule has 0 aliphatic heterocycles. The highest BCUT2D eigenvalue weighted by atomic mass is 15.5. The quantitative estimate of drug-likeness (QED) is 0.868. The van der Waals surface area contributed by atoms with Gasteiger partial charge in [-0.15, -0.1) is 5.10 Å². The number of tetrazole rings is 1. The Morgan fingerprint density at radius 2 is 2.10 bits per heavy atom. The van der Waals surface area contributed by atoms with E-state index in [1.54, 1.807) is 0 Å². The molecule has 20 heavy (non-hydrogen) atoms. The fourth-order valence-electron chi connectivity index (χ4n) is 2.76. The van der Waals surface area contributed by atoms with Crippen molar-refractivity contribution < 1.29 is 0 Å². The molecule has 2 N–H and O–H groups in total. The van der Waals surface area contributed by atoms with E-state index in [0.29, 0.717) is 11.3 Å². The standard InChI is InChI=1S/C15H21N5/c1-10(2)15(6-7-15)9-20-14(17-18-19-20)13-8-12(16)5-4-11(13)3/h4-5,8,10H,6-7,9,16H2,1-3H3. The van der Waals surface area contributed by atoms with E-state index in [9.17, 15) is 0 Å². The molecule has 1 aromatic heterocycles. The van der Waals surface area contributed by atoms with Crippen LogP contribution >= 0.6 is 0 Å². The Morgan fingerprint density at radius 1 is 1.35 bits per heavy atom. The van der Waals surface area contributed by atoms with Crippen molar-refractivity contribution in [2.24, 2.45) is 11.3 Å². The Morgan fingerprint density at radius 3 is 2.75 bits per heavy atom. The lowest BCUT2D eigenvalue weighted by molar-refractivity contribution is 0.294. The number of anilines is 1. The van der Waals surface area contributed by atoms with E-state index in [4.69, 9.17) is 5.73 Å². The van der Waals surface area contributed by atoms with Gasteiger partial charge in [-0.25, -0.2) is 4.68 Å². The van der Waals surface area contributed by atoms with Crippen LogP contribution in [0.4, 0.5) is 5.69 Å². The summed E-state index contributed by atoms with van der Waals surface area (Å²) in [6.07, 6.45) is 2.53. The summed E-state index contributed by atoms with van der Waals surface area (Å²) in [4.78, 5) is 0. The molecule has 1 saturated carbocycles. The zero-order valence-corrected chi connectivity index (χ0v) is 12.3. The minimum absolute atomic E-state index is 0.373. The predicted octanol–water partition coefficient (Wildman–Crippen LogP) is 2.67. The van der Waals surface area contributed by atoms with Gasteiger partial charge in [-0.3, -0.25) is 0 Å². The zero-order valence-electron chi connectivity index (χ0n) is 12.3. The average Bonchev–Trinajstić information content (AvgIpc) is 3.05. The Bertz CT molecular complexity index is 625. The molecule has 0 spiro atoms. The molecule has 1 aromatic carbocycles. The second-order valence-electron chi connectivity index (χ2n) is 6.25. The van der Waals surface area contributed by atoms with Crippen LogP contribution < -0.4 is 5.73 Å². The van der Waals surface area contributed by atoms with Crippen molar-refractivity contribution in [2.45, 2.75) is 40.2 Å². The van der Waals surface area contributed by atoms with Crippen molar-refractivity contribution in [1.29, 1.82) is 0 Å². The second-order valence-corrected chi connectivity index (χ2v) is 6.25. The molecule has 0 radical (unpaired) electrons. The number of rotatable bonds is 4. The van der Waals surface area contributed by atoms with Crippen molar-refractivity contribution in [1.82, 2.24) is 20.2 Å². The number of nitrogen functional groups attached to an aromatic ring is 1. The molecule has 3 rings (SSSR count). The first kappa shape index (κ1) is 13.1. The average molecular weight is 271 g/mol. The van der Waals surface area contributed by atoms with E-state index in [0.717, 1.165) is 29.2 Å². The number of nitrogens with zero attached hydrogens (tertiary/aromatic N) is 4. The third kappa shape index (κ3) is 2.17. The fraction of sp³-hybridized carbons (Fsp3) is 0.533. The predicted molar refractivity (Wildman–Crippen MR) is 78.9 cm³/mol. The van der Waals surface area contributed by atoms with Crippen molar-refractivity contribution in [3.05, 3.63) is 23.8 Å². The van der Waals surface area contributed by atoms with Crippen LogP contribution in [0.2, 0.25) is 0 Å². The molecule has 0 unspecified atom stereocenters. The first-order valence-corrected chi connectivity index (χ1v) is 7.14. The van der Waals surface area contributed by atoms with Gasteiger partial charge in [0.1, 0.15) is 0 Å². The van der Waals surface area contributed by atoms with Crippen LogP contribution in [0.25, 0.3) is 11.4 Å². The summed E-state index contributed by atoms with van der Waals surface area (Å²) < 4.78 is 1.94. The van der Waals surface area contributed by atoms with E-state index in [2.05, 4.69) is 36.3 Å². The van der Waals surface area contributed by atoms with E-state index in [1.807, 2.05) is 22.9 Å². The van der Waals surface area contributed by atoms with Gasteiger partial charge < -0.3 is 5.73 Å². The van der Waals surface area contributed by atoms with Gasteiger partial charge in [0.15, 0.2) is 5.82 Å². The van der Waals surface area contributed by atoms with Crippen LogP contribution in [-0.2, 0) is 6.54 Å². The number of nitrogens with two attached hydrogens (primary N) is 1. The summed E-state index contributed by atoms with van der Waals surface area (Å²) in [5.41, 5.74) is 9.17. The Hall–Kier alpha value is -1.91. The molecular weight excluding hydrogens is 250 g/mol. The molecule has 0 saturated heterocycles. The summed E-state index contributed by atoms with van der Waals surface area (Å²) in [6, 6.07) is 5.87. The highest BCUT2D eigenvalue weighted by molar-refractivity contribution is 5.65. The largest absolute Gasteiger partial charge is 0.399 e.